The summed E-state index contributed by atoms with van der Waals surface area (Å²) in [7, 11) is -1.65. The molecule has 0 saturated heterocycles. The lowest BCUT2D eigenvalue weighted by Gasteiger charge is -2.26. The average molecular weight is 405 g/mol. The Bertz CT molecular complexity index is 949. The highest BCUT2D eigenvalue weighted by Gasteiger charge is 2.40. The minimum absolute atomic E-state index is 0.0648. The second kappa shape index (κ2) is 7.91. The van der Waals surface area contributed by atoms with Crippen molar-refractivity contribution in [3.8, 4) is 0 Å². The van der Waals surface area contributed by atoms with E-state index in [1.54, 1.807) is 37.3 Å². The van der Waals surface area contributed by atoms with E-state index in [9.17, 15) is 9.00 Å². The van der Waals surface area contributed by atoms with Crippen LogP contribution in [0.1, 0.15) is 23.7 Å². The van der Waals surface area contributed by atoms with E-state index in [2.05, 4.69) is 0 Å². The molecule has 0 aliphatic carbocycles. The van der Waals surface area contributed by atoms with E-state index in [4.69, 9.17) is 23.2 Å². The summed E-state index contributed by atoms with van der Waals surface area (Å²) in [6.45, 7) is 1.75. The molecule has 0 spiro atoms. The Morgan fingerprint density at radius 3 is 2.31 bits per heavy atom. The molecular formula is C21H18Cl2O2S. The molecular weight excluding hydrogens is 387 g/mol. The lowest BCUT2D eigenvalue weighted by molar-refractivity contribution is 0.0967. The van der Waals surface area contributed by atoms with Crippen LogP contribution in [-0.4, -0.2) is 13.7 Å². The second-order valence-corrected chi connectivity index (χ2v) is 9.69. The van der Waals surface area contributed by atoms with E-state index < -0.39 is 20.4 Å². The van der Waals surface area contributed by atoms with Gasteiger partial charge >= 0.3 is 0 Å². The smallest absolute Gasteiger partial charge is 0.199 e. The Kier molecular flexibility index (Phi) is 5.81. The van der Waals surface area contributed by atoms with E-state index >= 15 is 0 Å². The predicted molar refractivity (Wildman–Crippen MR) is 109 cm³/mol. The molecule has 2 unspecified atom stereocenters. The van der Waals surface area contributed by atoms with Crippen LogP contribution in [-0.2, 0) is 10.8 Å². The summed E-state index contributed by atoms with van der Waals surface area (Å²) in [6, 6.07) is 22.2. The van der Waals surface area contributed by atoms with Gasteiger partial charge in [-0.05, 0) is 22.9 Å². The molecule has 0 fully saturated rings. The fourth-order valence-corrected chi connectivity index (χ4v) is 4.72. The van der Waals surface area contributed by atoms with Gasteiger partial charge in [0.25, 0.3) is 0 Å². The molecule has 26 heavy (non-hydrogen) atoms. The number of benzene rings is 3. The van der Waals surface area contributed by atoms with Crippen LogP contribution in [0.15, 0.2) is 77.7 Å². The van der Waals surface area contributed by atoms with Gasteiger partial charge < -0.3 is 0 Å². The topological polar surface area (TPSA) is 34.1 Å². The summed E-state index contributed by atoms with van der Waals surface area (Å²) < 4.78 is 11.2. The largest absolute Gasteiger partial charge is 0.294 e. The van der Waals surface area contributed by atoms with Crippen molar-refractivity contribution in [2.75, 3.05) is 0 Å². The maximum atomic E-state index is 12.9. The maximum absolute atomic E-state index is 12.9. The van der Waals surface area contributed by atoms with Gasteiger partial charge in [0, 0.05) is 22.8 Å². The van der Waals surface area contributed by atoms with Crippen molar-refractivity contribution in [1.29, 1.82) is 0 Å². The third kappa shape index (κ3) is 3.85. The zero-order valence-corrected chi connectivity index (χ0v) is 16.5. The Morgan fingerprint density at radius 2 is 1.58 bits per heavy atom. The van der Waals surface area contributed by atoms with E-state index in [0.717, 1.165) is 10.8 Å². The Balaban J connectivity index is 1.83. The van der Waals surface area contributed by atoms with Gasteiger partial charge in [0.15, 0.2) is 9.45 Å². The van der Waals surface area contributed by atoms with Crippen LogP contribution in [0.2, 0.25) is 0 Å². The molecule has 0 saturated carbocycles. The molecule has 0 radical (unpaired) electrons. The minimum Gasteiger partial charge on any atom is -0.294 e. The van der Waals surface area contributed by atoms with E-state index in [-0.39, 0.29) is 12.2 Å². The third-order valence-electron chi connectivity index (χ3n) is 4.36. The average Bonchev–Trinajstić information content (AvgIpc) is 2.67. The highest BCUT2D eigenvalue weighted by molar-refractivity contribution is 7.89. The van der Waals surface area contributed by atoms with Crippen molar-refractivity contribution in [3.05, 3.63) is 78.4 Å². The number of hydrogen-bond donors (Lipinski definition) is 0. The van der Waals surface area contributed by atoms with Crippen LogP contribution in [0.3, 0.4) is 0 Å². The fraction of sp³-hybridized carbons (Fsp3) is 0.190. The molecule has 0 aliphatic rings. The number of fused-ring (bicyclic) bond motifs is 1. The van der Waals surface area contributed by atoms with Gasteiger partial charge in [-0.2, -0.15) is 0 Å². The molecule has 3 aromatic rings. The summed E-state index contributed by atoms with van der Waals surface area (Å²) in [5, 5.41) is 1.90. The summed E-state index contributed by atoms with van der Waals surface area (Å²) in [5.74, 6) is -0.552. The number of carbonyl (C=O) groups excluding carboxylic acids is 1. The Hall–Kier alpha value is -1.68. The number of rotatable bonds is 6. The first kappa shape index (κ1) is 19.1. The summed E-state index contributed by atoms with van der Waals surface area (Å²) >= 11 is 12.9. The number of alkyl halides is 2. The third-order valence-corrected chi connectivity index (χ3v) is 7.54. The molecule has 0 heterocycles. The SMILES string of the molecule is CC(CC(=O)c1cccc2ccccc12)C(Cl)(Cl)S(=O)c1ccccc1. The zero-order valence-electron chi connectivity index (χ0n) is 14.2. The molecule has 0 aliphatic heterocycles. The van der Waals surface area contributed by atoms with Crippen molar-refractivity contribution >= 4 is 50.6 Å². The molecule has 3 aromatic carbocycles. The number of hydrogen-bond acceptors (Lipinski definition) is 2. The second-order valence-electron chi connectivity index (χ2n) is 6.20. The van der Waals surface area contributed by atoms with Crippen LogP contribution < -0.4 is 0 Å². The first-order valence-electron chi connectivity index (χ1n) is 8.27. The highest BCUT2D eigenvalue weighted by Crippen LogP contribution is 2.40. The van der Waals surface area contributed by atoms with Gasteiger partial charge in [0.1, 0.15) is 0 Å². The number of ketones is 1. The predicted octanol–water partition coefficient (Wildman–Crippen LogP) is 5.99. The molecule has 0 bridgehead atoms. The number of carbonyl (C=O) groups is 1. The summed E-state index contributed by atoms with van der Waals surface area (Å²) in [4.78, 5) is 13.4. The van der Waals surface area contributed by atoms with Gasteiger partial charge in [-0.1, -0.05) is 90.8 Å². The van der Waals surface area contributed by atoms with E-state index in [0.29, 0.717) is 10.5 Å². The lowest BCUT2D eigenvalue weighted by Crippen LogP contribution is -2.30. The van der Waals surface area contributed by atoms with Crippen LogP contribution in [0.4, 0.5) is 0 Å². The number of Topliss-reactive ketones (excluding diaryl/α,β-unsaturated/α-hetero) is 1. The van der Waals surface area contributed by atoms with Gasteiger partial charge in [-0.15, -0.1) is 0 Å². The molecule has 2 nitrogen and oxygen atoms in total. The molecule has 0 N–H and O–H groups in total. The minimum atomic E-state index is -1.65. The summed E-state index contributed by atoms with van der Waals surface area (Å²) in [5.41, 5.74) is 0.629. The first-order valence-corrected chi connectivity index (χ1v) is 10.2. The van der Waals surface area contributed by atoms with E-state index in [1.807, 2.05) is 42.5 Å². The van der Waals surface area contributed by atoms with Crippen LogP contribution in [0, 0.1) is 5.92 Å². The molecule has 3 rings (SSSR count). The van der Waals surface area contributed by atoms with Gasteiger partial charge in [-0.25, -0.2) is 0 Å². The number of halogens is 2. The van der Waals surface area contributed by atoms with Crippen molar-refractivity contribution in [2.45, 2.75) is 21.9 Å². The van der Waals surface area contributed by atoms with Crippen LogP contribution >= 0.6 is 23.2 Å². The van der Waals surface area contributed by atoms with Gasteiger partial charge in [-0.3, -0.25) is 9.00 Å². The van der Waals surface area contributed by atoms with Crippen molar-refractivity contribution < 1.29 is 9.00 Å². The lowest BCUT2D eigenvalue weighted by atomic mass is 9.96. The fourth-order valence-electron chi connectivity index (χ4n) is 2.86. The normalized spacial score (nSPS) is 14.1. The molecule has 5 heteroatoms. The molecule has 0 amide bonds. The highest BCUT2D eigenvalue weighted by atomic mass is 35.5. The molecule has 0 aromatic heterocycles. The van der Waals surface area contributed by atoms with Crippen molar-refractivity contribution in [2.24, 2.45) is 5.92 Å². The van der Waals surface area contributed by atoms with Gasteiger partial charge in [0.2, 0.25) is 0 Å². The van der Waals surface area contributed by atoms with Crippen molar-refractivity contribution in [1.82, 2.24) is 0 Å². The summed E-state index contributed by atoms with van der Waals surface area (Å²) in [6.07, 6.45) is 0.111. The van der Waals surface area contributed by atoms with Crippen LogP contribution in [0.5, 0.6) is 0 Å². The van der Waals surface area contributed by atoms with Crippen molar-refractivity contribution in [3.63, 3.8) is 0 Å². The first-order chi connectivity index (χ1) is 12.4. The van der Waals surface area contributed by atoms with Gasteiger partial charge in [0.05, 0.1) is 10.8 Å². The monoisotopic (exact) mass is 404 g/mol. The standard InChI is InChI=1S/C21H18Cl2O2S/c1-15(21(22,23)26(25)17-10-3-2-4-11-17)14-20(24)19-13-7-9-16-8-5-6-12-18(16)19/h2-13,15H,14H2,1H3. The van der Waals surface area contributed by atoms with Crippen LogP contribution in [0.25, 0.3) is 10.8 Å². The molecule has 134 valence electrons. The molecule has 2 atom stereocenters. The quantitative estimate of drug-likeness (QED) is 0.373. The Morgan fingerprint density at radius 1 is 0.962 bits per heavy atom. The maximum Gasteiger partial charge on any atom is 0.199 e. The van der Waals surface area contributed by atoms with E-state index in [1.165, 1.54) is 0 Å². The Labute approximate surface area is 165 Å². The zero-order chi connectivity index (χ0) is 18.7.